The van der Waals surface area contributed by atoms with Crippen LogP contribution in [0.3, 0.4) is 0 Å². The van der Waals surface area contributed by atoms with Gasteiger partial charge in [0.15, 0.2) is 0 Å². The van der Waals surface area contributed by atoms with Crippen LogP contribution in [0.1, 0.15) is 26.7 Å². The van der Waals surface area contributed by atoms with Crippen LogP contribution < -0.4 is 0 Å². The standard InChI is InChI=1S/C8H16O/c1-4-8(5-2)7-9-6-3/h3-7H2,1-2H3. The first-order valence-electron chi connectivity index (χ1n) is 3.55. The van der Waals surface area contributed by atoms with Gasteiger partial charge in [-0.05, 0) is 19.8 Å². The summed E-state index contributed by atoms with van der Waals surface area (Å²) >= 11 is 0. The van der Waals surface area contributed by atoms with Crippen molar-refractivity contribution in [2.24, 2.45) is 0 Å². The SMILES string of the molecule is [CH2]COC[C](CC)CC. The van der Waals surface area contributed by atoms with Crippen molar-refractivity contribution in [1.29, 1.82) is 0 Å². The number of hydrogen-bond donors (Lipinski definition) is 0. The molecule has 0 N–H and O–H groups in total. The average Bonchev–Trinajstić information content (AvgIpc) is 1.91. The van der Waals surface area contributed by atoms with Gasteiger partial charge in [0.25, 0.3) is 0 Å². The molecule has 0 amide bonds. The molecule has 0 aliphatic rings. The molecule has 0 spiro atoms. The van der Waals surface area contributed by atoms with Crippen molar-refractivity contribution in [2.75, 3.05) is 13.2 Å². The number of ether oxygens (including phenoxy) is 1. The van der Waals surface area contributed by atoms with Crippen LogP contribution in [0.4, 0.5) is 0 Å². The summed E-state index contributed by atoms with van der Waals surface area (Å²) in [6, 6.07) is 0. The predicted octanol–water partition coefficient (Wildman–Crippen LogP) is 2.23. The lowest BCUT2D eigenvalue weighted by atomic mass is 10.1. The van der Waals surface area contributed by atoms with Gasteiger partial charge in [0.05, 0.1) is 6.61 Å². The minimum atomic E-state index is 0.587. The van der Waals surface area contributed by atoms with Gasteiger partial charge in [0, 0.05) is 12.5 Å². The van der Waals surface area contributed by atoms with E-state index >= 15 is 0 Å². The first-order valence-corrected chi connectivity index (χ1v) is 3.55. The van der Waals surface area contributed by atoms with Crippen molar-refractivity contribution < 1.29 is 4.74 Å². The second-order valence-corrected chi connectivity index (χ2v) is 2.01. The summed E-state index contributed by atoms with van der Waals surface area (Å²) < 4.78 is 5.13. The zero-order valence-electron chi connectivity index (χ0n) is 6.44. The largest absolute Gasteiger partial charge is 0.381 e. The molecule has 0 atom stereocenters. The normalized spacial score (nSPS) is 10.7. The van der Waals surface area contributed by atoms with E-state index in [2.05, 4.69) is 20.8 Å². The third kappa shape index (κ3) is 4.46. The molecule has 1 nitrogen and oxygen atoms in total. The van der Waals surface area contributed by atoms with Crippen molar-refractivity contribution >= 4 is 0 Å². The van der Waals surface area contributed by atoms with E-state index in [9.17, 15) is 0 Å². The summed E-state index contributed by atoms with van der Waals surface area (Å²) in [7, 11) is 0. The molecular formula is C8H16O. The molecule has 9 heavy (non-hydrogen) atoms. The van der Waals surface area contributed by atoms with Crippen molar-refractivity contribution in [3.63, 3.8) is 0 Å². The molecule has 0 fully saturated rings. The Morgan fingerprint density at radius 1 is 1.33 bits per heavy atom. The van der Waals surface area contributed by atoms with Crippen LogP contribution in [0.15, 0.2) is 0 Å². The van der Waals surface area contributed by atoms with Gasteiger partial charge in [-0.3, -0.25) is 0 Å². The Balaban J connectivity index is 3.09. The van der Waals surface area contributed by atoms with E-state index in [1.807, 2.05) is 0 Å². The Bertz CT molecular complexity index is 48.5. The minimum Gasteiger partial charge on any atom is -0.381 e. The van der Waals surface area contributed by atoms with Gasteiger partial charge in [-0.25, -0.2) is 0 Å². The highest BCUT2D eigenvalue weighted by Crippen LogP contribution is 2.09. The molecule has 2 radical (unpaired) electrons. The van der Waals surface area contributed by atoms with Crippen LogP contribution >= 0.6 is 0 Å². The molecule has 54 valence electrons. The number of rotatable bonds is 5. The minimum absolute atomic E-state index is 0.587. The molecule has 0 heterocycles. The third-order valence-electron chi connectivity index (χ3n) is 1.45. The van der Waals surface area contributed by atoms with Crippen LogP contribution in [0.25, 0.3) is 0 Å². The molecule has 0 saturated heterocycles. The lowest BCUT2D eigenvalue weighted by Gasteiger charge is -2.09. The first-order chi connectivity index (χ1) is 4.35. The maximum Gasteiger partial charge on any atom is 0.0528 e. The molecule has 0 aliphatic heterocycles. The summed E-state index contributed by atoms with van der Waals surface area (Å²) in [4.78, 5) is 0. The monoisotopic (exact) mass is 128 g/mol. The van der Waals surface area contributed by atoms with Gasteiger partial charge in [0.2, 0.25) is 0 Å². The first kappa shape index (κ1) is 8.96. The van der Waals surface area contributed by atoms with Gasteiger partial charge in [-0.2, -0.15) is 0 Å². The van der Waals surface area contributed by atoms with E-state index in [0.717, 1.165) is 19.4 Å². The Morgan fingerprint density at radius 3 is 2.22 bits per heavy atom. The van der Waals surface area contributed by atoms with Crippen molar-refractivity contribution in [3.8, 4) is 0 Å². The Morgan fingerprint density at radius 2 is 1.89 bits per heavy atom. The zero-order valence-corrected chi connectivity index (χ0v) is 6.44. The van der Waals surface area contributed by atoms with Crippen LogP contribution in [0.2, 0.25) is 0 Å². The van der Waals surface area contributed by atoms with Crippen molar-refractivity contribution in [1.82, 2.24) is 0 Å². The highest BCUT2D eigenvalue weighted by atomic mass is 16.5. The summed E-state index contributed by atoms with van der Waals surface area (Å²) in [5.74, 6) is 1.47. The molecule has 0 rings (SSSR count). The second kappa shape index (κ2) is 6.09. The summed E-state index contributed by atoms with van der Waals surface area (Å²) in [5, 5.41) is 0. The van der Waals surface area contributed by atoms with Gasteiger partial charge < -0.3 is 4.74 Å². The Hall–Kier alpha value is -0.0400. The molecule has 0 unspecified atom stereocenters. The zero-order chi connectivity index (χ0) is 7.11. The summed E-state index contributed by atoms with van der Waals surface area (Å²) in [6.45, 7) is 9.30. The lowest BCUT2D eigenvalue weighted by Crippen LogP contribution is -2.04. The van der Waals surface area contributed by atoms with Gasteiger partial charge >= 0.3 is 0 Å². The average molecular weight is 128 g/mol. The van der Waals surface area contributed by atoms with E-state index in [-0.39, 0.29) is 0 Å². The number of hydrogen-bond acceptors (Lipinski definition) is 1. The molecule has 0 saturated carbocycles. The van der Waals surface area contributed by atoms with E-state index in [4.69, 9.17) is 4.74 Å². The van der Waals surface area contributed by atoms with E-state index in [1.165, 1.54) is 5.92 Å². The predicted molar refractivity (Wildman–Crippen MR) is 40.0 cm³/mol. The van der Waals surface area contributed by atoms with Gasteiger partial charge in [-0.1, -0.05) is 13.8 Å². The molecular weight excluding hydrogens is 112 g/mol. The Labute approximate surface area is 58.4 Å². The lowest BCUT2D eigenvalue weighted by molar-refractivity contribution is 0.166. The molecule has 0 aliphatic carbocycles. The fourth-order valence-electron chi connectivity index (χ4n) is 0.671. The van der Waals surface area contributed by atoms with Crippen molar-refractivity contribution in [3.05, 3.63) is 12.8 Å². The topological polar surface area (TPSA) is 9.23 Å². The van der Waals surface area contributed by atoms with Crippen molar-refractivity contribution in [2.45, 2.75) is 26.7 Å². The maximum absolute atomic E-state index is 5.13. The van der Waals surface area contributed by atoms with Crippen LogP contribution in [0.5, 0.6) is 0 Å². The van der Waals surface area contributed by atoms with E-state index in [0.29, 0.717) is 6.61 Å². The van der Waals surface area contributed by atoms with Crippen LogP contribution in [-0.2, 0) is 4.74 Å². The van der Waals surface area contributed by atoms with Gasteiger partial charge in [-0.15, -0.1) is 0 Å². The smallest absolute Gasteiger partial charge is 0.0528 e. The molecule has 0 bridgehead atoms. The molecule has 0 aromatic carbocycles. The summed E-state index contributed by atoms with van der Waals surface area (Å²) in [6.07, 6.45) is 2.27. The molecule has 1 heteroatoms. The second-order valence-electron chi connectivity index (χ2n) is 2.01. The fraction of sp³-hybridized carbons (Fsp3) is 0.750. The molecule has 0 aromatic rings. The third-order valence-corrected chi connectivity index (χ3v) is 1.45. The highest BCUT2D eigenvalue weighted by Gasteiger charge is 2.01. The highest BCUT2D eigenvalue weighted by molar-refractivity contribution is 4.85. The van der Waals surface area contributed by atoms with Crippen LogP contribution in [0, 0.1) is 12.8 Å². The summed E-state index contributed by atoms with van der Waals surface area (Å²) in [5.41, 5.74) is 0. The fourth-order valence-corrected chi connectivity index (χ4v) is 0.671. The molecule has 0 aromatic heterocycles. The Kier molecular flexibility index (Phi) is 6.06. The van der Waals surface area contributed by atoms with E-state index < -0.39 is 0 Å². The quantitative estimate of drug-likeness (QED) is 0.551. The van der Waals surface area contributed by atoms with Gasteiger partial charge in [0.1, 0.15) is 0 Å². The maximum atomic E-state index is 5.13. The van der Waals surface area contributed by atoms with Crippen LogP contribution in [-0.4, -0.2) is 13.2 Å². The van der Waals surface area contributed by atoms with E-state index in [1.54, 1.807) is 0 Å².